The van der Waals surface area contributed by atoms with Crippen LogP contribution in [0.5, 0.6) is 0 Å². The minimum Gasteiger partial charge on any atom is -0.391 e. The van der Waals surface area contributed by atoms with Crippen LogP contribution >= 0.6 is 12.4 Å². The average Bonchev–Trinajstić information content (AvgIpc) is 2.16. The van der Waals surface area contributed by atoms with Gasteiger partial charge in [-0.3, -0.25) is 10.1 Å². The van der Waals surface area contributed by atoms with Gasteiger partial charge in [0.15, 0.2) is 0 Å². The van der Waals surface area contributed by atoms with Crippen LogP contribution in [0.4, 0.5) is 5.69 Å². The van der Waals surface area contributed by atoms with Gasteiger partial charge in [0.2, 0.25) is 0 Å². The first-order valence-corrected chi connectivity index (χ1v) is 4.21. The molecule has 5 nitrogen and oxygen atoms in total. The summed E-state index contributed by atoms with van der Waals surface area (Å²) < 4.78 is 0. The molecule has 0 heterocycles. The highest BCUT2D eigenvalue weighted by Gasteiger charge is 2.21. The van der Waals surface area contributed by atoms with Gasteiger partial charge in [0.25, 0.3) is 5.69 Å². The fourth-order valence-corrected chi connectivity index (χ4v) is 1.20. The van der Waals surface area contributed by atoms with E-state index in [9.17, 15) is 15.2 Å². The summed E-state index contributed by atoms with van der Waals surface area (Å²) in [6.07, 6.45) is -0.809. The fraction of sp³-hybridized carbons (Fsp3) is 0.333. The summed E-state index contributed by atoms with van der Waals surface area (Å²) >= 11 is 0. The zero-order valence-electron chi connectivity index (χ0n) is 8.16. The highest BCUT2D eigenvalue weighted by Crippen LogP contribution is 2.24. The molecule has 1 aromatic carbocycles. The monoisotopic (exact) mass is 232 g/mol. The van der Waals surface area contributed by atoms with Crippen LogP contribution in [0.3, 0.4) is 0 Å². The van der Waals surface area contributed by atoms with Crippen LogP contribution < -0.4 is 5.73 Å². The summed E-state index contributed by atoms with van der Waals surface area (Å²) in [5, 5.41) is 19.9. The molecule has 1 rings (SSSR count). The van der Waals surface area contributed by atoms with Gasteiger partial charge in [-0.1, -0.05) is 18.2 Å². The third kappa shape index (κ3) is 3.16. The van der Waals surface area contributed by atoms with Crippen LogP contribution in [0.2, 0.25) is 0 Å². The Labute approximate surface area is 93.5 Å². The minimum atomic E-state index is -0.809. The Morgan fingerprint density at radius 2 is 2.00 bits per heavy atom. The fourth-order valence-electron chi connectivity index (χ4n) is 1.20. The van der Waals surface area contributed by atoms with Gasteiger partial charge < -0.3 is 10.8 Å². The highest BCUT2D eigenvalue weighted by atomic mass is 35.5. The number of hydrogen-bond donors (Lipinski definition) is 2. The van der Waals surface area contributed by atoms with E-state index in [1.807, 2.05) is 0 Å². The maximum atomic E-state index is 10.6. The lowest BCUT2D eigenvalue weighted by atomic mass is 10.0. The lowest BCUT2D eigenvalue weighted by Crippen LogP contribution is -2.23. The second kappa shape index (κ2) is 5.65. The van der Waals surface area contributed by atoms with E-state index >= 15 is 0 Å². The summed E-state index contributed by atoms with van der Waals surface area (Å²) in [7, 11) is 0. The molecule has 0 radical (unpaired) electrons. The van der Waals surface area contributed by atoms with Gasteiger partial charge >= 0.3 is 0 Å². The number of nitro groups is 1. The number of nitro benzene ring substituents is 1. The van der Waals surface area contributed by atoms with E-state index in [4.69, 9.17) is 5.73 Å². The molecule has 0 aliphatic heterocycles. The number of halogens is 1. The van der Waals surface area contributed by atoms with Crippen LogP contribution in [0, 0.1) is 10.1 Å². The minimum absolute atomic E-state index is 0. The second-order valence-electron chi connectivity index (χ2n) is 3.08. The molecule has 84 valence electrons. The number of aliphatic hydroxyl groups excluding tert-OH is 1. The third-order valence-electron chi connectivity index (χ3n) is 2.01. The van der Waals surface area contributed by atoms with Crippen molar-refractivity contribution in [2.24, 2.45) is 5.73 Å². The molecule has 0 saturated heterocycles. The van der Waals surface area contributed by atoms with Crippen molar-refractivity contribution in [1.82, 2.24) is 0 Å². The SMILES string of the molecule is C[C@@H](O)[C@@H](N)c1ccccc1[N+](=O)[O-].Cl. The van der Waals surface area contributed by atoms with Gasteiger partial charge in [-0.2, -0.15) is 0 Å². The molecule has 3 N–H and O–H groups in total. The van der Waals surface area contributed by atoms with Crippen molar-refractivity contribution in [2.75, 3.05) is 0 Å². The van der Waals surface area contributed by atoms with E-state index in [1.165, 1.54) is 13.0 Å². The predicted octanol–water partition coefficient (Wildman–Crippen LogP) is 1.40. The Balaban J connectivity index is 0.00000196. The first kappa shape index (κ1) is 13.8. The number of rotatable bonds is 3. The van der Waals surface area contributed by atoms with Gasteiger partial charge in [-0.15, -0.1) is 12.4 Å². The largest absolute Gasteiger partial charge is 0.391 e. The Morgan fingerprint density at radius 3 is 2.47 bits per heavy atom. The van der Waals surface area contributed by atoms with E-state index in [0.717, 1.165) is 0 Å². The lowest BCUT2D eigenvalue weighted by Gasteiger charge is -2.14. The van der Waals surface area contributed by atoms with Gasteiger partial charge in [-0.05, 0) is 6.92 Å². The Bertz CT molecular complexity index is 344. The van der Waals surface area contributed by atoms with Crippen LogP contribution in [0.25, 0.3) is 0 Å². The van der Waals surface area contributed by atoms with Crippen molar-refractivity contribution in [3.05, 3.63) is 39.9 Å². The van der Waals surface area contributed by atoms with E-state index in [1.54, 1.807) is 18.2 Å². The molecule has 0 saturated carbocycles. The van der Waals surface area contributed by atoms with E-state index in [0.29, 0.717) is 5.56 Å². The summed E-state index contributed by atoms with van der Waals surface area (Å²) in [4.78, 5) is 10.1. The van der Waals surface area contributed by atoms with Crippen LogP contribution in [-0.2, 0) is 0 Å². The molecule has 2 atom stereocenters. The summed E-state index contributed by atoms with van der Waals surface area (Å²) in [5.74, 6) is 0. The summed E-state index contributed by atoms with van der Waals surface area (Å²) in [6.45, 7) is 1.50. The van der Waals surface area contributed by atoms with Crippen molar-refractivity contribution in [3.63, 3.8) is 0 Å². The van der Waals surface area contributed by atoms with Gasteiger partial charge in [0.1, 0.15) is 0 Å². The van der Waals surface area contributed by atoms with E-state index in [2.05, 4.69) is 0 Å². The van der Waals surface area contributed by atoms with E-state index in [-0.39, 0.29) is 18.1 Å². The number of nitrogens with zero attached hydrogens (tertiary/aromatic N) is 1. The molecule has 0 aliphatic carbocycles. The molecule has 0 spiro atoms. The zero-order chi connectivity index (χ0) is 10.7. The normalized spacial score (nSPS) is 13.8. The van der Waals surface area contributed by atoms with Crippen LogP contribution in [0.1, 0.15) is 18.5 Å². The van der Waals surface area contributed by atoms with Crippen LogP contribution in [-0.4, -0.2) is 16.1 Å². The first-order chi connectivity index (χ1) is 6.54. The molecule has 1 aromatic rings. The van der Waals surface area contributed by atoms with Gasteiger partial charge in [-0.25, -0.2) is 0 Å². The van der Waals surface area contributed by atoms with Crippen molar-refractivity contribution >= 4 is 18.1 Å². The number of benzene rings is 1. The number of nitrogens with two attached hydrogens (primary N) is 1. The topological polar surface area (TPSA) is 89.4 Å². The van der Waals surface area contributed by atoms with Crippen molar-refractivity contribution in [2.45, 2.75) is 19.1 Å². The quantitative estimate of drug-likeness (QED) is 0.609. The molecular formula is C9H13ClN2O3. The number of hydrogen-bond acceptors (Lipinski definition) is 4. The second-order valence-corrected chi connectivity index (χ2v) is 3.08. The smallest absolute Gasteiger partial charge is 0.274 e. The molecule has 15 heavy (non-hydrogen) atoms. The first-order valence-electron chi connectivity index (χ1n) is 4.21. The summed E-state index contributed by atoms with van der Waals surface area (Å²) in [6, 6.07) is 5.42. The Morgan fingerprint density at radius 1 is 1.47 bits per heavy atom. The van der Waals surface area contributed by atoms with Gasteiger partial charge in [0.05, 0.1) is 17.1 Å². The maximum absolute atomic E-state index is 10.6. The molecule has 0 unspecified atom stereocenters. The summed E-state index contributed by atoms with van der Waals surface area (Å²) in [5.41, 5.74) is 5.92. The van der Waals surface area contributed by atoms with Crippen molar-refractivity contribution in [1.29, 1.82) is 0 Å². The van der Waals surface area contributed by atoms with Crippen LogP contribution in [0.15, 0.2) is 24.3 Å². The van der Waals surface area contributed by atoms with Gasteiger partial charge in [0, 0.05) is 11.6 Å². The molecule has 0 aromatic heterocycles. The van der Waals surface area contributed by atoms with E-state index < -0.39 is 17.1 Å². The predicted molar refractivity (Wildman–Crippen MR) is 59.0 cm³/mol. The Hall–Kier alpha value is -1.17. The Kier molecular flexibility index (Phi) is 5.21. The van der Waals surface area contributed by atoms with Crippen molar-refractivity contribution in [3.8, 4) is 0 Å². The maximum Gasteiger partial charge on any atom is 0.274 e. The number of para-hydroxylation sites is 1. The third-order valence-corrected chi connectivity index (χ3v) is 2.01. The molecule has 0 fully saturated rings. The molecule has 6 heteroatoms. The standard InChI is InChI=1S/C9H12N2O3.ClH/c1-6(12)9(10)7-4-2-3-5-8(7)11(13)14;/h2-6,9,12H,10H2,1H3;1H/t6-,9-;/m1./s1. The molecular weight excluding hydrogens is 220 g/mol. The number of aliphatic hydroxyl groups is 1. The zero-order valence-corrected chi connectivity index (χ0v) is 8.98. The molecule has 0 bridgehead atoms. The van der Waals surface area contributed by atoms with Crippen molar-refractivity contribution < 1.29 is 10.0 Å². The highest BCUT2D eigenvalue weighted by molar-refractivity contribution is 5.85. The molecule has 0 aliphatic rings. The average molecular weight is 233 g/mol. The molecule has 0 amide bonds. The lowest BCUT2D eigenvalue weighted by molar-refractivity contribution is -0.385.